The third-order valence-corrected chi connectivity index (χ3v) is 6.06. The summed E-state index contributed by atoms with van der Waals surface area (Å²) >= 11 is 0. The molecule has 2 amide bonds. The van der Waals surface area contributed by atoms with Gasteiger partial charge in [0.15, 0.2) is 5.84 Å². The molecule has 1 saturated carbocycles. The summed E-state index contributed by atoms with van der Waals surface area (Å²) in [5.74, 6) is 0.972. The number of oxime groups is 1. The number of nitrogens with zero attached hydrogens (tertiary/aromatic N) is 2. The van der Waals surface area contributed by atoms with Crippen LogP contribution in [0.4, 0.5) is 5.69 Å². The lowest BCUT2D eigenvalue weighted by Crippen LogP contribution is -2.32. The highest BCUT2D eigenvalue weighted by Gasteiger charge is 2.59. The van der Waals surface area contributed by atoms with Crippen LogP contribution in [0, 0.1) is 23.7 Å². The Labute approximate surface area is 167 Å². The normalized spacial score (nSPS) is 27.6. The zero-order valence-electron chi connectivity index (χ0n) is 15.4. The van der Waals surface area contributed by atoms with Gasteiger partial charge in [0.1, 0.15) is 11.5 Å². The smallest absolute Gasteiger partial charge is 0.238 e. The van der Waals surface area contributed by atoms with Crippen LogP contribution in [0.1, 0.15) is 12.0 Å². The molecule has 4 atom stereocenters. The van der Waals surface area contributed by atoms with Crippen molar-refractivity contribution in [1.82, 2.24) is 0 Å². The minimum atomic E-state index is -0.207. The first-order chi connectivity index (χ1) is 14.1. The van der Waals surface area contributed by atoms with Crippen molar-refractivity contribution < 1.29 is 19.5 Å². The second kappa shape index (κ2) is 6.48. The van der Waals surface area contributed by atoms with Gasteiger partial charge in [-0.1, -0.05) is 17.3 Å². The second-order valence-electron chi connectivity index (χ2n) is 7.62. The van der Waals surface area contributed by atoms with Gasteiger partial charge in [-0.05, 0) is 66.8 Å². The summed E-state index contributed by atoms with van der Waals surface area (Å²) in [4.78, 5) is 27.1. The van der Waals surface area contributed by atoms with Crippen LogP contribution in [0.3, 0.4) is 0 Å². The van der Waals surface area contributed by atoms with Crippen molar-refractivity contribution in [2.75, 3.05) is 4.90 Å². The van der Waals surface area contributed by atoms with Crippen molar-refractivity contribution in [2.45, 2.75) is 6.42 Å². The number of amidine groups is 1. The van der Waals surface area contributed by atoms with Crippen LogP contribution in [-0.4, -0.2) is 22.9 Å². The fourth-order valence-electron chi connectivity index (χ4n) is 4.71. The van der Waals surface area contributed by atoms with Crippen LogP contribution >= 0.6 is 0 Å². The van der Waals surface area contributed by atoms with Gasteiger partial charge in [0.2, 0.25) is 11.8 Å². The van der Waals surface area contributed by atoms with Crippen molar-refractivity contribution in [3.63, 3.8) is 0 Å². The van der Waals surface area contributed by atoms with Crippen molar-refractivity contribution in [3.05, 3.63) is 66.2 Å². The van der Waals surface area contributed by atoms with Gasteiger partial charge in [-0.2, -0.15) is 0 Å². The highest BCUT2D eigenvalue weighted by molar-refractivity contribution is 6.22. The number of imide groups is 1. The van der Waals surface area contributed by atoms with Crippen LogP contribution in [0.2, 0.25) is 0 Å². The van der Waals surface area contributed by atoms with Crippen molar-refractivity contribution >= 4 is 23.3 Å². The fraction of sp³-hybridized carbons (Fsp3) is 0.227. The third kappa shape index (κ3) is 2.69. The highest BCUT2D eigenvalue weighted by atomic mass is 16.5. The van der Waals surface area contributed by atoms with Crippen molar-refractivity contribution in [1.29, 1.82) is 0 Å². The van der Waals surface area contributed by atoms with Crippen molar-refractivity contribution in [3.8, 4) is 11.5 Å². The zero-order valence-corrected chi connectivity index (χ0v) is 15.4. The Hall–Kier alpha value is -3.61. The van der Waals surface area contributed by atoms with E-state index in [9.17, 15) is 9.59 Å². The molecule has 3 N–H and O–H groups in total. The molecule has 7 heteroatoms. The molecule has 1 heterocycles. The molecule has 146 valence electrons. The lowest BCUT2D eigenvalue weighted by atomic mass is 9.85. The zero-order chi connectivity index (χ0) is 20.1. The lowest BCUT2D eigenvalue weighted by Gasteiger charge is -2.17. The van der Waals surface area contributed by atoms with E-state index in [1.54, 1.807) is 48.5 Å². The summed E-state index contributed by atoms with van der Waals surface area (Å²) in [6.45, 7) is 0. The molecule has 0 unspecified atom stereocenters. The maximum Gasteiger partial charge on any atom is 0.238 e. The number of carbonyl (C=O) groups excluding carboxylic acids is 2. The molecule has 0 aromatic heterocycles. The Kier molecular flexibility index (Phi) is 3.91. The Balaban J connectivity index is 1.32. The molecule has 3 aliphatic rings. The molecule has 0 spiro atoms. The topological polar surface area (TPSA) is 105 Å². The summed E-state index contributed by atoms with van der Waals surface area (Å²) < 4.78 is 5.80. The lowest BCUT2D eigenvalue weighted by molar-refractivity contribution is -0.123. The number of hydrogen-bond donors (Lipinski definition) is 2. The molecule has 7 nitrogen and oxygen atoms in total. The van der Waals surface area contributed by atoms with Crippen LogP contribution in [0.5, 0.6) is 11.5 Å². The van der Waals surface area contributed by atoms with Gasteiger partial charge in [0, 0.05) is 5.56 Å². The molecular weight excluding hydrogens is 370 g/mol. The first kappa shape index (κ1) is 17.5. The van der Waals surface area contributed by atoms with E-state index in [1.165, 1.54) is 4.90 Å². The molecule has 2 aromatic carbocycles. The number of allylic oxidation sites excluding steroid dienone is 2. The summed E-state index contributed by atoms with van der Waals surface area (Å²) in [6.07, 6.45) is 5.09. The second-order valence-corrected chi connectivity index (χ2v) is 7.62. The first-order valence-electron chi connectivity index (χ1n) is 9.49. The Morgan fingerprint density at radius 3 is 1.97 bits per heavy atom. The molecule has 5 rings (SSSR count). The monoisotopic (exact) mass is 389 g/mol. The predicted octanol–water partition coefficient (Wildman–Crippen LogP) is 2.88. The van der Waals surface area contributed by atoms with Crippen LogP contribution in [0.25, 0.3) is 0 Å². The number of amides is 2. The van der Waals surface area contributed by atoms with E-state index in [1.807, 2.05) is 0 Å². The van der Waals surface area contributed by atoms with Crippen LogP contribution in [0.15, 0.2) is 65.8 Å². The van der Waals surface area contributed by atoms with E-state index in [-0.39, 0.29) is 41.3 Å². The number of anilines is 1. The molecule has 1 saturated heterocycles. The molecule has 2 aromatic rings. The number of benzene rings is 2. The largest absolute Gasteiger partial charge is 0.457 e. The minimum absolute atomic E-state index is 0.0225. The van der Waals surface area contributed by atoms with Gasteiger partial charge < -0.3 is 15.7 Å². The Morgan fingerprint density at radius 1 is 0.931 bits per heavy atom. The average Bonchev–Trinajstić information content (AvgIpc) is 3.43. The quantitative estimate of drug-likeness (QED) is 0.209. The van der Waals surface area contributed by atoms with Gasteiger partial charge in [-0.15, -0.1) is 0 Å². The maximum atomic E-state index is 12.9. The SMILES string of the molecule is N/C(=N/O)c1ccc(Oc2ccc(N3C(=O)[C@@H]4[C@@H](C3=O)[C@H]3C=C[C@@H]4C3)cc2)cc1. The van der Waals surface area contributed by atoms with E-state index >= 15 is 0 Å². The molecule has 2 bridgehead atoms. The Morgan fingerprint density at radius 2 is 1.45 bits per heavy atom. The minimum Gasteiger partial charge on any atom is -0.457 e. The predicted molar refractivity (Wildman–Crippen MR) is 106 cm³/mol. The molecular formula is C22H19N3O4. The number of hydrogen-bond acceptors (Lipinski definition) is 5. The summed E-state index contributed by atoms with van der Waals surface area (Å²) in [6, 6.07) is 13.7. The van der Waals surface area contributed by atoms with E-state index < -0.39 is 0 Å². The standard InChI is InChI=1S/C22H19N3O4/c23-20(24-28)12-3-7-16(8-4-12)29-17-9-5-15(6-10-17)25-21(26)18-13-1-2-14(11-13)19(18)22(25)27/h1-10,13-14,18-19,28H,11H2,(H2,23,24)/t13-,14+,18-,19-/m0/s1. The molecule has 1 aliphatic heterocycles. The summed E-state index contributed by atoms with van der Waals surface area (Å²) in [5.41, 5.74) is 6.70. The van der Waals surface area contributed by atoms with Gasteiger partial charge in [-0.3, -0.25) is 14.5 Å². The highest BCUT2D eigenvalue weighted by Crippen LogP contribution is 2.53. The van der Waals surface area contributed by atoms with E-state index in [4.69, 9.17) is 15.7 Å². The Bertz CT molecular complexity index is 1010. The van der Waals surface area contributed by atoms with E-state index in [0.717, 1.165) is 6.42 Å². The van der Waals surface area contributed by atoms with Gasteiger partial charge >= 0.3 is 0 Å². The fourth-order valence-corrected chi connectivity index (χ4v) is 4.71. The number of nitrogens with two attached hydrogens (primary N) is 1. The van der Waals surface area contributed by atoms with Gasteiger partial charge in [-0.25, -0.2) is 0 Å². The number of ether oxygens (including phenoxy) is 1. The summed E-state index contributed by atoms with van der Waals surface area (Å²) in [7, 11) is 0. The number of fused-ring (bicyclic) bond motifs is 5. The first-order valence-corrected chi connectivity index (χ1v) is 9.49. The van der Waals surface area contributed by atoms with Crippen molar-refractivity contribution in [2.24, 2.45) is 34.6 Å². The third-order valence-electron chi connectivity index (χ3n) is 6.06. The molecule has 0 radical (unpaired) electrons. The average molecular weight is 389 g/mol. The molecule has 2 aliphatic carbocycles. The van der Waals surface area contributed by atoms with Crippen LogP contribution < -0.4 is 15.4 Å². The van der Waals surface area contributed by atoms with Crippen LogP contribution in [-0.2, 0) is 9.59 Å². The van der Waals surface area contributed by atoms with E-state index in [2.05, 4.69) is 17.3 Å². The van der Waals surface area contributed by atoms with E-state index in [0.29, 0.717) is 22.7 Å². The van der Waals surface area contributed by atoms with Gasteiger partial charge in [0.25, 0.3) is 0 Å². The maximum absolute atomic E-state index is 12.9. The molecule has 2 fully saturated rings. The van der Waals surface area contributed by atoms with Gasteiger partial charge in [0.05, 0.1) is 17.5 Å². The summed E-state index contributed by atoms with van der Waals surface area (Å²) in [5, 5.41) is 11.7. The number of rotatable bonds is 4. The number of carbonyl (C=O) groups is 2. The molecule has 29 heavy (non-hydrogen) atoms.